The van der Waals surface area contributed by atoms with Gasteiger partial charge >= 0.3 is 0 Å². The number of rotatable bonds is 26. The van der Waals surface area contributed by atoms with Crippen molar-refractivity contribution in [2.75, 3.05) is 26.2 Å². The van der Waals surface area contributed by atoms with Gasteiger partial charge in [-0.2, -0.15) is 0 Å². The van der Waals surface area contributed by atoms with Gasteiger partial charge in [-0.1, -0.05) is 183 Å². The first-order valence-corrected chi connectivity index (χ1v) is 19.1. The van der Waals surface area contributed by atoms with Crippen LogP contribution in [0, 0.1) is 0 Å². The van der Waals surface area contributed by atoms with Crippen molar-refractivity contribution >= 4 is 11.1 Å². The molecule has 252 valence electrons. The van der Waals surface area contributed by atoms with E-state index in [0.717, 1.165) is 25.3 Å². The van der Waals surface area contributed by atoms with Crippen LogP contribution in [0.5, 0.6) is 5.75 Å². The van der Waals surface area contributed by atoms with E-state index in [4.69, 9.17) is 4.74 Å². The predicted octanol–water partition coefficient (Wildman–Crippen LogP) is 13.0. The number of ether oxygens (including phenoxy) is 1. The number of allylic oxidation sites excluding steroid dienone is 1. The summed E-state index contributed by atoms with van der Waals surface area (Å²) in [5, 5.41) is 0. The second-order valence-corrected chi connectivity index (χ2v) is 13.1. The molecule has 0 aliphatic heterocycles. The summed E-state index contributed by atoms with van der Waals surface area (Å²) in [6, 6.07) is 30.5. The van der Waals surface area contributed by atoms with E-state index in [1.807, 2.05) is 0 Å². The second-order valence-electron chi connectivity index (χ2n) is 13.1. The van der Waals surface area contributed by atoms with Crippen LogP contribution in [-0.4, -0.2) is 31.1 Å². The van der Waals surface area contributed by atoms with Gasteiger partial charge in [0.2, 0.25) is 0 Å². The molecule has 0 aliphatic rings. The normalized spacial score (nSPS) is 12.0. The Kier molecular flexibility index (Phi) is 19.9. The van der Waals surface area contributed by atoms with Crippen molar-refractivity contribution in [2.24, 2.45) is 0 Å². The molecule has 0 saturated carbocycles. The molecule has 3 aromatic rings. The molecule has 2 heteroatoms. The van der Waals surface area contributed by atoms with Crippen LogP contribution in [0.2, 0.25) is 0 Å². The quantitative estimate of drug-likeness (QED) is 0.0651. The molecule has 0 unspecified atom stereocenters. The van der Waals surface area contributed by atoms with E-state index < -0.39 is 0 Å². The van der Waals surface area contributed by atoms with Gasteiger partial charge in [0.1, 0.15) is 12.4 Å². The summed E-state index contributed by atoms with van der Waals surface area (Å²) in [6.45, 7) is 11.0. The summed E-state index contributed by atoms with van der Waals surface area (Å²) < 4.78 is 6.36. The molecule has 3 aromatic carbocycles. The van der Waals surface area contributed by atoms with Crippen LogP contribution in [0.15, 0.2) is 84.9 Å². The standard InChI is InChI=1S/C44H65NO/c1-4-7-9-11-13-15-17-25-35-45(36-26-18-16-14-12-10-8-5-2)37-38-46-42-33-31-41(32-34-42)44(40-29-23-20-24-30-40)43(6-3)39-27-21-19-22-28-39/h19-24,27-34H,4-18,25-26,35-38H2,1-3H3/b44-43-. The van der Waals surface area contributed by atoms with Crippen molar-refractivity contribution < 1.29 is 4.74 Å². The van der Waals surface area contributed by atoms with E-state index in [-0.39, 0.29) is 0 Å². The van der Waals surface area contributed by atoms with E-state index in [1.54, 1.807) is 0 Å². The van der Waals surface area contributed by atoms with Gasteiger partial charge in [-0.3, -0.25) is 4.90 Å². The van der Waals surface area contributed by atoms with Gasteiger partial charge in [-0.05, 0) is 72.3 Å². The molecular formula is C44H65NO. The number of hydrogen-bond donors (Lipinski definition) is 0. The highest BCUT2D eigenvalue weighted by Gasteiger charge is 2.13. The van der Waals surface area contributed by atoms with Gasteiger partial charge in [0.15, 0.2) is 0 Å². The maximum Gasteiger partial charge on any atom is 0.119 e. The highest BCUT2D eigenvalue weighted by atomic mass is 16.5. The first-order chi connectivity index (χ1) is 22.8. The Labute approximate surface area is 283 Å². The topological polar surface area (TPSA) is 12.5 Å². The average molecular weight is 624 g/mol. The number of hydrogen-bond acceptors (Lipinski definition) is 2. The molecule has 0 aliphatic carbocycles. The summed E-state index contributed by atoms with van der Waals surface area (Å²) in [7, 11) is 0. The lowest BCUT2D eigenvalue weighted by molar-refractivity contribution is 0.202. The average Bonchev–Trinajstić information content (AvgIpc) is 3.10. The molecule has 3 rings (SSSR count). The SMILES string of the molecule is CCCCCCCCCCN(CCCCCCCCCC)CCOc1ccc(/C(=C(/CC)c2ccccc2)c2ccccc2)cc1. The maximum atomic E-state index is 6.36. The van der Waals surface area contributed by atoms with Gasteiger partial charge in [0.25, 0.3) is 0 Å². The van der Waals surface area contributed by atoms with E-state index in [9.17, 15) is 0 Å². The third-order valence-electron chi connectivity index (χ3n) is 9.32. The zero-order valence-electron chi connectivity index (χ0n) is 29.8. The number of benzene rings is 3. The lowest BCUT2D eigenvalue weighted by atomic mass is 9.88. The minimum atomic E-state index is 0.749. The van der Waals surface area contributed by atoms with Crippen molar-refractivity contribution in [1.82, 2.24) is 4.90 Å². The summed E-state index contributed by atoms with van der Waals surface area (Å²) in [5.41, 5.74) is 6.47. The largest absolute Gasteiger partial charge is 0.492 e. The van der Waals surface area contributed by atoms with Crippen LogP contribution >= 0.6 is 0 Å². The zero-order valence-corrected chi connectivity index (χ0v) is 29.8. The molecule has 2 nitrogen and oxygen atoms in total. The first-order valence-electron chi connectivity index (χ1n) is 19.1. The fraction of sp³-hybridized carbons (Fsp3) is 0.545. The van der Waals surface area contributed by atoms with Crippen molar-refractivity contribution in [3.8, 4) is 5.75 Å². The third-order valence-corrected chi connectivity index (χ3v) is 9.32. The number of unbranched alkanes of at least 4 members (excludes halogenated alkanes) is 14. The van der Waals surface area contributed by atoms with Crippen LogP contribution in [0.25, 0.3) is 11.1 Å². The van der Waals surface area contributed by atoms with Crippen molar-refractivity contribution in [3.63, 3.8) is 0 Å². The molecule has 0 saturated heterocycles. The van der Waals surface area contributed by atoms with Crippen molar-refractivity contribution in [2.45, 2.75) is 130 Å². The Morgan fingerprint density at radius 1 is 0.457 bits per heavy atom. The fourth-order valence-electron chi connectivity index (χ4n) is 6.57. The Balaban J connectivity index is 1.55. The van der Waals surface area contributed by atoms with E-state index in [2.05, 4.69) is 111 Å². The molecule has 0 atom stereocenters. The van der Waals surface area contributed by atoms with Crippen LogP contribution < -0.4 is 4.74 Å². The molecular weight excluding hydrogens is 558 g/mol. The summed E-state index contributed by atoms with van der Waals surface area (Å²) in [6.07, 6.45) is 23.0. The van der Waals surface area contributed by atoms with Crippen LogP contribution in [0.4, 0.5) is 0 Å². The molecule has 0 spiro atoms. The molecule has 0 aromatic heterocycles. The highest BCUT2D eigenvalue weighted by molar-refractivity contribution is 5.98. The first kappa shape index (κ1) is 37.6. The van der Waals surface area contributed by atoms with Gasteiger partial charge in [-0.25, -0.2) is 0 Å². The molecule has 0 bridgehead atoms. The molecule has 0 amide bonds. The summed E-state index contributed by atoms with van der Waals surface area (Å²) in [5.74, 6) is 0.966. The van der Waals surface area contributed by atoms with Crippen LogP contribution in [0.1, 0.15) is 147 Å². The van der Waals surface area contributed by atoms with Gasteiger partial charge < -0.3 is 4.74 Å². The van der Waals surface area contributed by atoms with E-state index >= 15 is 0 Å². The zero-order chi connectivity index (χ0) is 32.5. The van der Waals surface area contributed by atoms with Gasteiger partial charge in [0.05, 0.1) is 0 Å². The third kappa shape index (κ3) is 14.7. The van der Waals surface area contributed by atoms with Crippen molar-refractivity contribution in [1.29, 1.82) is 0 Å². The lowest BCUT2D eigenvalue weighted by Crippen LogP contribution is -2.30. The Hall–Kier alpha value is -2.84. The summed E-state index contributed by atoms with van der Waals surface area (Å²) in [4.78, 5) is 2.67. The summed E-state index contributed by atoms with van der Waals surface area (Å²) >= 11 is 0. The molecule has 0 N–H and O–H groups in total. The molecule has 0 fully saturated rings. The monoisotopic (exact) mass is 624 g/mol. The number of nitrogens with zero attached hydrogens (tertiary/aromatic N) is 1. The minimum Gasteiger partial charge on any atom is -0.492 e. The maximum absolute atomic E-state index is 6.36. The predicted molar refractivity (Wildman–Crippen MR) is 203 cm³/mol. The Morgan fingerprint density at radius 3 is 1.37 bits per heavy atom. The minimum absolute atomic E-state index is 0.749. The Morgan fingerprint density at radius 2 is 0.891 bits per heavy atom. The molecule has 0 heterocycles. The molecule has 46 heavy (non-hydrogen) atoms. The van der Waals surface area contributed by atoms with E-state index in [0.29, 0.717) is 0 Å². The Bertz CT molecular complexity index is 1150. The van der Waals surface area contributed by atoms with Crippen LogP contribution in [0.3, 0.4) is 0 Å². The molecule has 0 radical (unpaired) electrons. The fourth-order valence-corrected chi connectivity index (χ4v) is 6.57. The van der Waals surface area contributed by atoms with Crippen LogP contribution in [-0.2, 0) is 0 Å². The van der Waals surface area contributed by atoms with Crippen molar-refractivity contribution in [3.05, 3.63) is 102 Å². The lowest BCUT2D eigenvalue weighted by Gasteiger charge is -2.22. The highest BCUT2D eigenvalue weighted by Crippen LogP contribution is 2.35. The smallest absolute Gasteiger partial charge is 0.119 e. The second kappa shape index (κ2) is 24.3. The van der Waals surface area contributed by atoms with E-state index in [1.165, 1.54) is 144 Å². The van der Waals surface area contributed by atoms with Gasteiger partial charge in [-0.15, -0.1) is 0 Å². The van der Waals surface area contributed by atoms with Gasteiger partial charge in [0, 0.05) is 6.54 Å².